The Kier molecular flexibility index (Phi) is 3.97. The minimum atomic E-state index is -0.229. The highest BCUT2D eigenvalue weighted by atomic mass is 16.5. The Balaban J connectivity index is 2.02. The molecule has 2 heterocycles. The summed E-state index contributed by atoms with van der Waals surface area (Å²) in [5.41, 5.74) is 2.33. The lowest BCUT2D eigenvalue weighted by Crippen LogP contribution is -2.55. The van der Waals surface area contributed by atoms with E-state index in [1.54, 1.807) is 14.2 Å². The Bertz CT molecular complexity index is 590. The van der Waals surface area contributed by atoms with Gasteiger partial charge in [0, 0.05) is 18.5 Å². The van der Waals surface area contributed by atoms with Crippen LogP contribution in [0.25, 0.3) is 0 Å². The number of nitrogens with zero attached hydrogens (tertiary/aromatic N) is 2. The summed E-state index contributed by atoms with van der Waals surface area (Å²) in [6.45, 7) is 2.39. The standard InChI is InChI=1S/C16H22N2O4/c1-10-4-11-5-14(21-2)15(22-3)6-12(11)13-7-16(20)17(9-19)8-18(10)13/h5-6,10,13,19H,4,7-9H2,1-3H3/t10-,13-/m1/s1. The molecule has 2 aliphatic rings. The summed E-state index contributed by atoms with van der Waals surface area (Å²) in [5.74, 6) is 1.40. The summed E-state index contributed by atoms with van der Waals surface area (Å²) < 4.78 is 10.8. The highest BCUT2D eigenvalue weighted by Gasteiger charge is 2.39. The van der Waals surface area contributed by atoms with E-state index in [0.717, 1.165) is 17.7 Å². The first-order valence-electron chi connectivity index (χ1n) is 7.48. The lowest BCUT2D eigenvalue weighted by Gasteiger charge is -2.47. The van der Waals surface area contributed by atoms with Gasteiger partial charge >= 0.3 is 0 Å². The largest absolute Gasteiger partial charge is 0.493 e. The number of hydrogen-bond donors (Lipinski definition) is 1. The van der Waals surface area contributed by atoms with Crippen LogP contribution >= 0.6 is 0 Å². The molecule has 1 N–H and O–H groups in total. The third kappa shape index (κ3) is 2.32. The number of fused-ring (bicyclic) bond motifs is 3. The molecule has 1 aromatic rings. The van der Waals surface area contributed by atoms with Crippen molar-refractivity contribution in [3.05, 3.63) is 23.3 Å². The lowest BCUT2D eigenvalue weighted by atomic mass is 9.85. The van der Waals surface area contributed by atoms with Gasteiger partial charge in [-0.2, -0.15) is 0 Å². The fourth-order valence-electron chi connectivity index (χ4n) is 3.50. The fraction of sp³-hybridized carbons (Fsp3) is 0.562. The molecule has 0 spiro atoms. The van der Waals surface area contributed by atoms with Crippen LogP contribution in [0.15, 0.2) is 12.1 Å². The maximum atomic E-state index is 12.2. The molecule has 0 unspecified atom stereocenters. The minimum absolute atomic E-state index is 0.0152. The number of aliphatic hydroxyl groups is 1. The fourth-order valence-corrected chi connectivity index (χ4v) is 3.50. The van der Waals surface area contributed by atoms with Crippen LogP contribution in [0, 0.1) is 0 Å². The summed E-state index contributed by atoms with van der Waals surface area (Å²) in [6, 6.07) is 4.34. The topological polar surface area (TPSA) is 62.2 Å². The van der Waals surface area contributed by atoms with Crippen molar-refractivity contribution in [1.29, 1.82) is 0 Å². The molecule has 22 heavy (non-hydrogen) atoms. The summed E-state index contributed by atoms with van der Waals surface area (Å²) in [7, 11) is 3.25. The number of carbonyl (C=O) groups is 1. The van der Waals surface area contributed by atoms with Gasteiger partial charge in [-0.3, -0.25) is 9.69 Å². The van der Waals surface area contributed by atoms with Crippen LogP contribution in [-0.2, 0) is 11.2 Å². The number of carbonyl (C=O) groups excluding carboxylic acids is 1. The van der Waals surface area contributed by atoms with E-state index in [9.17, 15) is 9.90 Å². The molecule has 0 radical (unpaired) electrons. The third-order valence-corrected chi connectivity index (χ3v) is 4.71. The zero-order valence-electron chi connectivity index (χ0n) is 13.2. The Labute approximate surface area is 130 Å². The molecule has 6 nitrogen and oxygen atoms in total. The van der Waals surface area contributed by atoms with E-state index in [2.05, 4.69) is 11.8 Å². The second-order valence-electron chi connectivity index (χ2n) is 5.91. The molecule has 0 saturated carbocycles. The van der Waals surface area contributed by atoms with Gasteiger partial charge in [0.2, 0.25) is 5.91 Å². The number of benzene rings is 1. The first-order valence-corrected chi connectivity index (χ1v) is 7.48. The monoisotopic (exact) mass is 306 g/mol. The van der Waals surface area contributed by atoms with Gasteiger partial charge in [-0.1, -0.05) is 0 Å². The second kappa shape index (κ2) is 5.78. The van der Waals surface area contributed by atoms with Crippen molar-refractivity contribution in [2.24, 2.45) is 0 Å². The van der Waals surface area contributed by atoms with Gasteiger partial charge in [0.25, 0.3) is 0 Å². The normalized spacial score (nSPS) is 24.7. The van der Waals surface area contributed by atoms with E-state index in [-0.39, 0.29) is 18.7 Å². The van der Waals surface area contributed by atoms with Crippen LogP contribution in [-0.4, -0.2) is 54.5 Å². The van der Waals surface area contributed by atoms with Crippen LogP contribution in [0.5, 0.6) is 11.5 Å². The first kappa shape index (κ1) is 15.1. The molecule has 3 rings (SSSR count). The number of amides is 1. The molecule has 2 aliphatic heterocycles. The van der Waals surface area contributed by atoms with Gasteiger partial charge < -0.3 is 19.5 Å². The van der Waals surface area contributed by atoms with E-state index < -0.39 is 0 Å². The van der Waals surface area contributed by atoms with E-state index in [0.29, 0.717) is 24.9 Å². The van der Waals surface area contributed by atoms with Gasteiger partial charge in [-0.15, -0.1) is 0 Å². The molecule has 120 valence electrons. The molecule has 1 aromatic carbocycles. The van der Waals surface area contributed by atoms with E-state index >= 15 is 0 Å². The maximum Gasteiger partial charge on any atom is 0.227 e. The molecule has 1 saturated heterocycles. The van der Waals surface area contributed by atoms with Gasteiger partial charge in [0.05, 0.1) is 20.9 Å². The molecule has 0 aliphatic carbocycles. The van der Waals surface area contributed by atoms with Crippen LogP contribution < -0.4 is 9.47 Å². The van der Waals surface area contributed by atoms with Gasteiger partial charge in [-0.25, -0.2) is 0 Å². The average molecular weight is 306 g/mol. The smallest absolute Gasteiger partial charge is 0.227 e. The van der Waals surface area contributed by atoms with E-state index in [1.807, 2.05) is 12.1 Å². The van der Waals surface area contributed by atoms with Gasteiger partial charge in [0.1, 0.15) is 6.73 Å². The third-order valence-electron chi connectivity index (χ3n) is 4.71. The summed E-state index contributed by atoms with van der Waals surface area (Å²) in [6.07, 6.45) is 1.27. The molecule has 1 fully saturated rings. The summed E-state index contributed by atoms with van der Waals surface area (Å²) in [5, 5.41) is 9.33. The molecule has 0 bridgehead atoms. The van der Waals surface area contributed by atoms with Gasteiger partial charge in [0.15, 0.2) is 11.5 Å². The van der Waals surface area contributed by atoms with Crippen LogP contribution in [0.1, 0.15) is 30.5 Å². The first-order chi connectivity index (χ1) is 10.6. The Morgan fingerprint density at radius 3 is 2.55 bits per heavy atom. The zero-order chi connectivity index (χ0) is 15.9. The SMILES string of the molecule is COc1cc2c(cc1OC)[C@H]1CC(=O)N(CO)CN1[C@H](C)C2. The molecule has 0 aromatic heterocycles. The quantitative estimate of drug-likeness (QED) is 0.907. The van der Waals surface area contributed by atoms with Gasteiger partial charge in [-0.05, 0) is 36.6 Å². The minimum Gasteiger partial charge on any atom is -0.493 e. The summed E-state index contributed by atoms with van der Waals surface area (Å²) in [4.78, 5) is 15.9. The van der Waals surface area contributed by atoms with Crippen LogP contribution in [0.2, 0.25) is 0 Å². The average Bonchev–Trinajstić information content (AvgIpc) is 2.53. The van der Waals surface area contributed by atoms with Crippen molar-refractivity contribution in [3.8, 4) is 11.5 Å². The molecular weight excluding hydrogens is 284 g/mol. The maximum absolute atomic E-state index is 12.2. The predicted molar refractivity (Wildman–Crippen MR) is 80.7 cm³/mol. The Morgan fingerprint density at radius 2 is 1.91 bits per heavy atom. The van der Waals surface area contributed by atoms with Crippen molar-refractivity contribution in [1.82, 2.24) is 9.80 Å². The van der Waals surface area contributed by atoms with Crippen LogP contribution in [0.4, 0.5) is 0 Å². The van der Waals surface area contributed by atoms with Crippen molar-refractivity contribution >= 4 is 5.91 Å². The number of ether oxygens (including phenoxy) is 2. The molecule has 6 heteroatoms. The highest BCUT2D eigenvalue weighted by Crippen LogP contribution is 2.42. The predicted octanol–water partition coefficient (Wildman–Crippen LogP) is 1.13. The van der Waals surface area contributed by atoms with Crippen molar-refractivity contribution in [3.63, 3.8) is 0 Å². The van der Waals surface area contributed by atoms with Crippen molar-refractivity contribution in [2.75, 3.05) is 27.6 Å². The number of rotatable bonds is 3. The second-order valence-corrected chi connectivity index (χ2v) is 5.91. The lowest BCUT2D eigenvalue weighted by molar-refractivity contribution is -0.148. The van der Waals surface area contributed by atoms with E-state index in [4.69, 9.17) is 9.47 Å². The molecule has 1 amide bonds. The number of hydrogen-bond acceptors (Lipinski definition) is 5. The Morgan fingerprint density at radius 1 is 1.23 bits per heavy atom. The summed E-state index contributed by atoms with van der Waals surface area (Å²) >= 11 is 0. The van der Waals surface area contributed by atoms with Crippen molar-refractivity contribution < 1.29 is 19.4 Å². The highest BCUT2D eigenvalue weighted by molar-refractivity contribution is 5.78. The Hall–Kier alpha value is -1.79. The number of methoxy groups -OCH3 is 2. The van der Waals surface area contributed by atoms with Crippen LogP contribution in [0.3, 0.4) is 0 Å². The van der Waals surface area contributed by atoms with E-state index in [1.165, 1.54) is 10.5 Å². The zero-order valence-corrected chi connectivity index (χ0v) is 13.2. The van der Waals surface area contributed by atoms with Crippen molar-refractivity contribution in [2.45, 2.75) is 31.8 Å². The molecule has 2 atom stereocenters. The number of aliphatic hydroxyl groups excluding tert-OH is 1. The molecular formula is C16H22N2O4.